The number of hydrogen-bond donors (Lipinski definition) is 3. The van der Waals surface area contributed by atoms with Gasteiger partial charge in [-0.05, 0) is 39.1 Å². The maximum Gasteiger partial charge on any atom is 0.326 e. The lowest BCUT2D eigenvalue weighted by Gasteiger charge is -2.18. The summed E-state index contributed by atoms with van der Waals surface area (Å²) in [5.74, 6) is -1.55. The Hall–Kier alpha value is -3.70. The van der Waals surface area contributed by atoms with Crippen molar-refractivity contribution in [3.8, 4) is 0 Å². The molecule has 0 radical (unpaired) electrons. The molecule has 156 valence electrons. The highest BCUT2D eigenvalue weighted by Crippen LogP contribution is 2.18. The van der Waals surface area contributed by atoms with Crippen LogP contribution in [0.4, 0.5) is 0 Å². The van der Waals surface area contributed by atoms with Gasteiger partial charge in [0.1, 0.15) is 6.04 Å². The Labute approximate surface area is 180 Å². The predicted octanol–water partition coefficient (Wildman–Crippen LogP) is 3.67. The zero-order valence-corrected chi connectivity index (χ0v) is 17.0. The molecule has 2 atom stereocenters. The van der Waals surface area contributed by atoms with E-state index in [0.717, 1.165) is 32.7 Å². The van der Waals surface area contributed by atoms with Crippen LogP contribution in [0.1, 0.15) is 11.1 Å². The van der Waals surface area contributed by atoms with Crippen molar-refractivity contribution in [2.75, 3.05) is 0 Å². The van der Waals surface area contributed by atoms with Gasteiger partial charge in [0.2, 0.25) is 5.91 Å². The van der Waals surface area contributed by atoms with Crippen LogP contribution in [0, 0.1) is 0 Å². The third-order valence-electron chi connectivity index (χ3n) is 5.47. The number of nitrogens with one attached hydrogen (secondary N) is 1. The Morgan fingerprint density at radius 2 is 1.23 bits per heavy atom. The molecule has 0 saturated carbocycles. The van der Waals surface area contributed by atoms with Gasteiger partial charge < -0.3 is 16.2 Å². The number of carbonyl (C=O) groups is 2. The quantitative estimate of drug-likeness (QED) is 0.432. The molecule has 0 aliphatic heterocycles. The topological polar surface area (TPSA) is 92.4 Å². The zero-order valence-electron chi connectivity index (χ0n) is 17.0. The van der Waals surface area contributed by atoms with Crippen LogP contribution in [0.2, 0.25) is 0 Å². The maximum atomic E-state index is 12.6. The molecule has 0 bridgehead atoms. The SMILES string of the molecule is N[C@H](Cc1ccc2ccccc2c1)C(=O)N[C@@H](Cc1ccc2ccccc2c1)C(=O)O. The van der Waals surface area contributed by atoms with Crippen LogP contribution in [-0.2, 0) is 22.4 Å². The highest BCUT2D eigenvalue weighted by Gasteiger charge is 2.24. The number of carboxylic acids is 1. The summed E-state index contributed by atoms with van der Waals surface area (Å²) in [4.78, 5) is 24.4. The molecule has 31 heavy (non-hydrogen) atoms. The van der Waals surface area contributed by atoms with Gasteiger partial charge in [-0.1, -0.05) is 84.9 Å². The van der Waals surface area contributed by atoms with E-state index in [1.807, 2.05) is 84.9 Å². The molecular weight excluding hydrogens is 388 g/mol. The Kier molecular flexibility index (Phi) is 5.96. The molecule has 0 aromatic heterocycles. The first kappa shape index (κ1) is 20.6. The number of carbonyl (C=O) groups excluding carboxylic acids is 1. The first-order valence-corrected chi connectivity index (χ1v) is 10.2. The van der Waals surface area contributed by atoms with E-state index in [2.05, 4.69) is 5.32 Å². The Bertz CT molecular complexity index is 1250. The standard InChI is InChI=1S/C26H24N2O3/c27-23(15-17-9-11-19-5-1-3-7-21(19)13-17)25(29)28-24(26(30)31)16-18-10-12-20-6-2-4-8-22(20)14-18/h1-14,23-24H,15-16,27H2,(H,28,29)(H,30,31)/t23-,24+/m1/s1. The van der Waals surface area contributed by atoms with Gasteiger partial charge >= 0.3 is 5.97 Å². The molecule has 0 heterocycles. The van der Waals surface area contributed by atoms with E-state index in [1.54, 1.807) is 0 Å². The van der Waals surface area contributed by atoms with E-state index in [9.17, 15) is 14.7 Å². The summed E-state index contributed by atoms with van der Waals surface area (Å²) in [6.07, 6.45) is 0.521. The molecular formula is C26H24N2O3. The van der Waals surface area contributed by atoms with Gasteiger partial charge in [0, 0.05) is 6.42 Å². The summed E-state index contributed by atoms with van der Waals surface area (Å²) >= 11 is 0. The van der Waals surface area contributed by atoms with Gasteiger partial charge in [-0.3, -0.25) is 4.79 Å². The Morgan fingerprint density at radius 3 is 1.74 bits per heavy atom. The van der Waals surface area contributed by atoms with Crippen LogP contribution in [0.25, 0.3) is 21.5 Å². The van der Waals surface area contributed by atoms with E-state index in [0.29, 0.717) is 6.42 Å². The van der Waals surface area contributed by atoms with Gasteiger partial charge in [0.05, 0.1) is 6.04 Å². The second-order valence-corrected chi connectivity index (χ2v) is 7.78. The minimum Gasteiger partial charge on any atom is -0.480 e. The molecule has 0 fully saturated rings. The maximum absolute atomic E-state index is 12.6. The molecule has 4 aromatic carbocycles. The number of hydrogen-bond acceptors (Lipinski definition) is 3. The molecule has 5 nitrogen and oxygen atoms in total. The third-order valence-corrected chi connectivity index (χ3v) is 5.47. The fourth-order valence-corrected chi connectivity index (χ4v) is 3.79. The summed E-state index contributed by atoms with van der Waals surface area (Å²) in [6.45, 7) is 0. The molecule has 5 heteroatoms. The number of amides is 1. The molecule has 4 rings (SSSR count). The van der Waals surface area contributed by atoms with Crippen molar-refractivity contribution < 1.29 is 14.7 Å². The van der Waals surface area contributed by atoms with Crippen molar-refractivity contribution in [3.63, 3.8) is 0 Å². The van der Waals surface area contributed by atoms with Crippen molar-refractivity contribution >= 4 is 33.4 Å². The second kappa shape index (κ2) is 8.98. The fourth-order valence-electron chi connectivity index (χ4n) is 3.79. The van der Waals surface area contributed by atoms with Gasteiger partial charge in [0.25, 0.3) is 0 Å². The Morgan fingerprint density at radius 1 is 0.742 bits per heavy atom. The zero-order chi connectivity index (χ0) is 21.8. The smallest absolute Gasteiger partial charge is 0.326 e. The minimum atomic E-state index is -1.08. The average Bonchev–Trinajstić information content (AvgIpc) is 2.78. The first-order valence-electron chi connectivity index (χ1n) is 10.2. The number of benzene rings is 4. The molecule has 0 unspecified atom stereocenters. The van der Waals surface area contributed by atoms with Crippen molar-refractivity contribution in [1.82, 2.24) is 5.32 Å². The second-order valence-electron chi connectivity index (χ2n) is 7.78. The van der Waals surface area contributed by atoms with Crippen molar-refractivity contribution in [3.05, 3.63) is 96.1 Å². The van der Waals surface area contributed by atoms with Crippen LogP contribution in [0.15, 0.2) is 84.9 Å². The van der Waals surface area contributed by atoms with E-state index in [4.69, 9.17) is 5.73 Å². The van der Waals surface area contributed by atoms with E-state index in [-0.39, 0.29) is 6.42 Å². The van der Waals surface area contributed by atoms with E-state index in [1.165, 1.54) is 0 Å². The number of nitrogens with two attached hydrogens (primary N) is 1. The van der Waals surface area contributed by atoms with E-state index < -0.39 is 24.0 Å². The summed E-state index contributed by atoms with van der Waals surface area (Å²) in [5, 5.41) is 16.5. The minimum absolute atomic E-state index is 0.189. The summed E-state index contributed by atoms with van der Waals surface area (Å²) < 4.78 is 0. The largest absolute Gasteiger partial charge is 0.480 e. The molecule has 4 aromatic rings. The van der Waals surface area contributed by atoms with Crippen LogP contribution in [0.3, 0.4) is 0 Å². The lowest BCUT2D eigenvalue weighted by Crippen LogP contribution is -2.50. The fraction of sp³-hybridized carbons (Fsp3) is 0.154. The van der Waals surface area contributed by atoms with Gasteiger partial charge in [0.15, 0.2) is 0 Å². The average molecular weight is 412 g/mol. The lowest BCUT2D eigenvalue weighted by atomic mass is 10.00. The number of carboxylic acid groups (broad SMARTS) is 1. The number of aliphatic carboxylic acids is 1. The van der Waals surface area contributed by atoms with E-state index >= 15 is 0 Å². The van der Waals surface area contributed by atoms with Gasteiger partial charge in [-0.25, -0.2) is 4.79 Å². The number of fused-ring (bicyclic) bond motifs is 2. The monoisotopic (exact) mass is 412 g/mol. The number of rotatable bonds is 7. The summed E-state index contributed by atoms with van der Waals surface area (Å²) in [7, 11) is 0. The predicted molar refractivity (Wildman–Crippen MR) is 123 cm³/mol. The molecule has 1 amide bonds. The third kappa shape index (κ3) is 4.90. The highest BCUT2D eigenvalue weighted by molar-refractivity contribution is 5.88. The normalized spacial score (nSPS) is 13.1. The summed E-state index contributed by atoms with van der Waals surface area (Å²) in [5.41, 5.74) is 7.88. The van der Waals surface area contributed by atoms with Crippen LogP contribution >= 0.6 is 0 Å². The molecule has 0 saturated heterocycles. The van der Waals surface area contributed by atoms with Crippen LogP contribution < -0.4 is 11.1 Å². The molecule has 4 N–H and O–H groups in total. The van der Waals surface area contributed by atoms with Gasteiger partial charge in [-0.15, -0.1) is 0 Å². The molecule has 0 aliphatic rings. The van der Waals surface area contributed by atoms with Gasteiger partial charge in [-0.2, -0.15) is 0 Å². The lowest BCUT2D eigenvalue weighted by molar-refractivity contribution is -0.141. The summed E-state index contributed by atoms with van der Waals surface area (Å²) in [6, 6.07) is 25.7. The van der Waals surface area contributed by atoms with Crippen molar-refractivity contribution in [2.45, 2.75) is 24.9 Å². The van der Waals surface area contributed by atoms with Crippen LogP contribution in [0.5, 0.6) is 0 Å². The highest BCUT2D eigenvalue weighted by atomic mass is 16.4. The Balaban J connectivity index is 1.43. The molecule has 0 spiro atoms. The molecule has 0 aliphatic carbocycles. The van der Waals surface area contributed by atoms with Crippen molar-refractivity contribution in [2.24, 2.45) is 5.73 Å². The first-order chi connectivity index (χ1) is 15.0. The van der Waals surface area contributed by atoms with Crippen LogP contribution in [-0.4, -0.2) is 29.1 Å². The van der Waals surface area contributed by atoms with Crippen molar-refractivity contribution in [1.29, 1.82) is 0 Å².